The van der Waals surface area contributed by atoms with Crippen LogP contribution in [0.1, 0.15) is 25.5 Å². The van der Waals surface area contributed by atoms with Crippen molar-refractivity contribution in [2.24, 2.45) is 0 Å². The van der Waals surface area contributed by atoms with Crippen molar-refractivity contribution in [2.45, 2.75) is 33.1 Å². The fraction of sp³-hybridized carbons (Fsp3) is 0.375. The molecule has 126 valence electrons. The Hall–Kier alpha value is -2.32. The molecular formula is C16H21N7S. The molecule has 0 saturated heterocycles. The van der Waals surface area contributed by atoms with E-state index in [0.29, 0.717) is 6.67 Å². The van der Waals surface area contributed by atoms with Gasteiger partial charge >= 0.3 is 0 Å². The molecule has 0 fully saturated rings. The Balaban J connectivity index is 1.72. The molecule has 0 aliphatic heterocycles. The Morgan fingerprint density at radius 1 is 1.17 bits per heavy atom. The predicted octanol–water partition coefficient (Wildman–Crippen LogP) is 2.67. The minimum atomic E-state index is 0.239. The van der Waals surface area contributed by atoms with Crippen LogP contribution in [0.15, 0.2) is 43.2 Å². The lowest BCUT2D eigenvalue weighted by molar-refractivity contribution is 0.194. The number of nitrogens with zero attached hydrogens (tertiary/aromatic N) is 7. The van der Waals surface area contributed by atoms with Crippen LogP contribution in [-0.4, -0.2) is 41.1 Å². The molecular weight excluding hydrogens is 322 g/mol. The standard InChI is InChI=1S/C16H21N7S/c1-4-21-11-19-23(16(21)24)12-20(3)13(2)14-5-7-15(8-6-14)22-10-17-9-18-22/h5-11,13H,4,12H2,1-3H3/t13-/m1/s1. The van der Waals surface area contributed by atoms with Crippen LogP contribution >= 0.6 is 12.2 Å². The van der Waals surface area contributed by atoms with Crippen LogP contribution in [0, 0.1) is 4.77 Å². The van der Waals surface area contributed by atoms with E-state index in [1.165, 1.54) is 11.9 Å². The Bertz CT molecular complexity index is 832. The molecule has 2 aromatic heterocycles. The van der Waals surface area contributed by atoms with Gasteiger partial charge in [-0.25, -0.2) is 14.3 Å². The van der Waals surface area contributed by atoms with Crippen LogP contribution < -0.4 is 0 Å². The number of aromatic nitrogens is 6. The summed E-state index contributed by atoms with van der Waals surface area (Å²) in [5.74, 6) is 0. The van der Waals surface area contributed by atoms with Crippen molar-refractivity contribution in [3.63, 3.8) is 0 Å². The van der Waals surface area contributed by atoms with E-state index in [0.717, 1.165) is 17.0 Å². The summed E-state index contributed by atoms with van der Waals surface area (Å²) in [7, 11) is 2.07. The molecule has 1 atom stereocenters. The van der Waals surface area contributed by atoms with Gasteiger partial charge in [0.15, 0.2) is 4.77 Å². The molecule has 24 heavy (non-hydrogen) atoms. The van der Waals surface area contributed by atoms with Gasteiger partial charge in [0, 0.05) is 12.6 Å². The van der Waals surface area contributed by atoms with E-state index in [9.17, 15) is 0 Å². The third-order valence-corrected chi connectivity index (χ3v) is 4.66. The zero-order chi connectivity index (χ0) is 17.1. The fourth-order valence-electron chi connectivity index (χ4n) is 2.52. The maximum atomic E-state index is 5.43. The van der Waals surface area contributed by atoms with Crippen molar-refractivity contribution in [1.29, 1.82) is 0 Å². The summed E-state index contributed by atoms with van der Waals surface area (Å²) in [6.07, 6.45) is 5.01. The predicted molar refractivity (Wildman–Crippen MR) is 94.3 cm³/mol. The van der Waals surface area contributed by atoms with Gasteiger partial charge in [0.05, 0.1) is 12.4 Å². The van der Waals surface area contributed by atoms with Crippen LogP contribution in [0.5, 0.6) is 0 Å². The average molecular weight is 343 g/mol. The molecule has 0 unspecified atom stereocenters. The normalized spacial score (nSPS) is 12.7. The van der Waals surface area contributed by atoms with Gasteiger partial charge in [-0.05, 0) is 50.8 Å². The quantitative estimate of drug-likeness (QED) is 0.644. The summed E-state index contributed by atoms with van der Waals surface area (Å²) in [6, 6.07) is 8.56. The molecule has 0 bridgehead atoms. The summed E-state index contributed by atoms with van der Waals surface area (Å²) < 4.78 is 6.30. The molecule has 0 N–H and O–H groups in total. The van der Waals surface area contributed by atoms with Gasteiger partial charge < -0.3 is 4.57 Å². The van der Waals surface area contributed by atoms with Gasteiger partial charge in [-0.3, -0.25) is 4.90 Å². The molecule has 0 amide bonds. The molecule has 3 aromatic rings. The smallest absolute Gasteiger partial charge is 0.198 e. The van der Waals surface area contributed by atoms with E-state index >= 15 is 0 Å². The molecule has 0 aliphatic carbocycles. The first kappa shape index (κ1) is 16.5. The summed E-state index contributed by atoms with van der Waals surface area (Å²) in [6.45, 7) is 5.72. The van der Waals surface area contributed by atoms with Gasteiger partial charge in [0.2, 0.25) is 0 Å². The first-order valence-electron chi connectivity index (χ1n) is 7.87. The highest BCUT2D eigenvalue weighted by Crippen LogP contribution is 2.20. The Labute approximate surface area is 146 Å². The van der Waals surface area contributed by atoms with Crippen molar-refractivity contribution in [3.05, 3.63) is 53.6 Å². The van der Waals surface area contributed by atoms with Crippen molar-refractivity contribution < 1.29 is 0 Å². The second-order valence-corrected chi connectivity index (χ2v) is 6.07. The third kappa shape index (κ3) is 3.29. The zero-order valence-corrected chi connectivity index (χ0v) is 14.9. The highest BCUT2D eigenvalue weighted by atomic mass is 32.1. The van der Waals surface area contributed by atoms with Crippen molar-refractivity contribution in [3.8, 4) is 5.69 Å². The number of hydrogen-bond acceptors (Lipinski definition) is 5. The Kier molecular flexibility index (Phi) is 4.86. The van der Waals surface area contributed by atoms with Crippen molar-refractivity contribution >= 4 is 12.2 Å². The molecule has 8 heteroatoms. The zero-order valence-electron chi connectivity index (χ0n) is 14.1. The number of aryl methyl sites for hydroxylation is 1. The summed E-state index contributed by atoms with van der Waals surface area (Å²) >= 11 is 5.43. The van der Waals surface area contributed by atoms with Crippen LogP contribution in [-0.2, 0) is 13.2 Å². The molecule has 7 nitrogen and oxygen atoms in total. The van der Waals surface area contributed by atoms with E-state index < -0.39 is 0 Å². The van der Waals surface area contributed by atoms with Gasteiger partial charge in [0.1, 0.15) is 19.0 Å². The van der Waals surface area contributed by atoms with Gasteiger partial charge in [-0.15, -0.1) is 0 Å². The van der Waals surface area contributed by atoms with Gasteiger partial charge in [0.25, 0.3) is 0 Å². The number of rotatable bonds is 6. The summed E-state index contributed by atoms with van der Waals surface area (Å²) in [4.78, 5) is 6.19. The molecule has 0 aliphatic rings. The van der Waals surface area contributed by atoms with Crippen LogP contribution in [0.2, 0.25) is 0 Å². The Morgan fingerprint density at radius 3 is 2.50 bits per heavy atom. The molecule has 2 heterocycles. The van der Waals surface area contributed by atoms with E-state index in [4.69, 9.17) is 12.2 Å². The number of benzene rings is 1. The van der Waals surface area contributed by atoms with E-state index in [-0.39, 0.29) is 6.04 Å². The fourth-order valence-corrected chi connectivity index (χ4v) is 2.80. The molecule has 1 aromatic carbocycles. The maximum absolute atomic E-state index is 5.43. The van der Waals surface area contributed by atoms with Crippen LogP contribution in [0.25, 0.3) is 5.69 Å². The Morgan fingerprint density at radius 2 is 1.92 bits per heavy atom. The van der Waals surface area contributed by atoms with E-state index in [1.807, 2.05) is 21.4 Å². The monoisotopic (exact) mass is 343 g/mol. The highest BCUT2D eigenvalue weighted by Gasteiger charge is 2.13. The number of hydrogen-bond donors (Lipinski definition) is 0. The van der Waals surface area contributed by atoms with Gasteiger partial charge in [-0.1, -0.05) is 12.1 Å². The summed E-state index contributed by atoms with van der Waals surface area (Å²) in [5.41, 5.74) is 2.22. The first-order valence-corrected chi connectivity index (χ1v) is 8.28. The molecule has 0 saturated carbocycles. The van der Waals surface area contributed by atoms with Crippen molar-refractivity contribution in [1.82, 2.24) is 34.0 Å². The molecule has 0 spiro atoms. The lowest BCUT2D eigenvalue weighted by Gasteiger charge is -2.25. The second-order valence-electron chi connectivity index (χ2n) is 5.71. The second kappa shape index (κ2) is 7.06. The van der Waals surface area contributed by atoms with Crippen LogP contribution in [0.3, 0.4) is 0 Å². The highest BCUT2D eigenvalue weighted by molar-refractivity contribution is 7.71. The maximum Gasteiger partial charge on any atom is 0.198 e. The summed E-state index contributed by atoms with van der Waals surface area (Å²) in [5, 5.41) is 8.51. The lowest BCUT2D eigenvalue weighted by Crippen LogP contribution is -2.26. The van der Waals surface area contributed by atoms with Crippen molar-refractivity contribution in [2.75, 3.05) is 7.05 Å². The minimum Gasteiger partial charge on any atom is -0.307 e. The van der Waals surface area contributed by atoms with E-state index in [1.54, 1.807) is 17.3 Å². The third-order valence-electron chi connectivity index (χ3n) is 4.21. The topological polar surface area (TPSA) is 56.7 Å². The molecule has 3 rings (SSSR count). The van der Waals surface area contributed by atoms with Gasteiger partial charge in [-0.2, -0.15) is 10.2 Å². The largest absolute Gasteiger partial charge is 0.307 e. The first-order chi connectivity index (χ1) is 11.6. The minimum absolute atomic E-state index is 0.239. The average Bonchev–Trinajstić information content (AvgIpc) is 3.25. The lowest BCUT2D eigenvalue weighted by atomic mass is 10.1. The SMILES string of the molecule is CCn1cnn(CN(C)[C@H](C)c2ccc(-n3cncn3)cc2)c1=S. The molecule has 0 radical (unpaired) electrons. The van der Waals surface area contributed by atoms with E-state index in [2.05, 4.69) is 53.1 Å². The van der Waals surface area contributed by atoms with Crippen LogP contribution in [0.4, 0.5) is 0 Å².